The van der Waals surface area contributed by atoms with Gasteiger partial charge < -0.3 is 40.0 Å². The molecule has 0 saturated carbocycles. The van der Waals surface area contributed by atoms with Gasteiger partial charge in [-0.3, -0.25) is 24.3 Å². The largest absolute Gasteiger partial charge is 0.480 e. The SMILES string of the molecule is O=C(O)CN(CCN(CCN(CC(=O)O)CC(=O)ONCCO)CC(=O)ONCCO)CC(=O)ONCCO. The third kappa shape index (κ3) is 21.6. The Bertz CT molecular complexity index is 697. The van der Waals surface area contributed by atoms with Crippen LogP contribution >= 0.6 is 0 Å². The van der Waals surface area contributed by atoms with Crippen molar-refractivity contribution >= 4 is 29.8 Å². The summed E-state index contributed by atoms with van der Waals surface area (Å²) in [6, 6.07) is 0. The molecule has 0 aromatic carbocycles. The van der Waals surface area contributed by atoms with Crippen molar-refractivity contribution in [2.75, 3.05) is 98.4 Å². The highest BCUT2D eigenvalue weighted by Crippen LogP contribution is 1.99. The number of carboxylic acids is 2. The molecule has 0 unspecified atom stereocenters. The van der Waals surface area contributed by atoms with Crippen LogP contribution < -0.4 is 16.4 Å². The van der Waals surface area contributed by atoms with Crippen LogP contribution in [0.3, 0.4) is 0 Å². The molecule has 0 radical (unpaired) electrons. The first-order chi connectivity index (χ1) is 18.6. The van der Waals surface area contributed by atoms with Crippen LogP contribution in [0.5, 0.6) is 0 Å². The molecule has 0 bridgehead atoms. The number of nitrogens with zero attached hydrogens (tertiary/aromatic N) is 3. The minimum atomic E-state index is -1.23. The minimum Gasteiger partial charge on any atom is -0.480 e. The Morgan fingerprint density at radius 1 is 0.487 bits per heavy atom. The van der Waals surface area contributed by atoms with Gasteiger partial charge in [-0.05, 0) is 0 Å². The third-order valence-corrected chi connectivity index (χ3v) is 4.44. The topological polar surface area (TPSA) is 260 Å². The van der Waals surface area contributed by atoms with Gasteiger partial charge in [-0.1, -0.05) is 0 Å². The van der Waals surface area contributed by atoms with E-state index in [2.05, 4.69) is 26.1 Å². The molecule has 0 aliphatic carbocycles. The maximum Gasteiger partial charge on any atom is 0.338 e. The van der Waals surface area contributed by atoms with Crippen LogP contribution in [0.2, 0.25) is 0 Å². The van der Waals surface area contributed by atoms with E-state index in [1.54, 1.807) is 0 Å². The molecule has 0 amide bonds. The van der Waals surface area contributed by atoms with Crippen molar-refractivity contribution in [1.82, 2.24) is 31.1 Å². The van der Waals surface area contributed by atoms with Crippen molar-refractivity contribution < 1.29 is 64.0 Å². The summed E-state index contributed by atoms with van der Waals surface area (Å²) in [5.41, 5.74) is 6.67. The van der Waals surface area contributed by atoms with Gasteiger partial charge >= 0.3 is 29.8 Å². The number of hydroxylamine groups is 3. The Morgan fingerprint density at radius 2 is 0.769 bits per heavy atom. The van der Waals surface area contributed by atoms with E-state index in [9.17, 15) is 34.2 Å². The number of carbonyl (C=O) groups excluding carboxylic acids is 3. The molecule has 0 heterocycles. The van der Waals surface area contributed by atoms with E-state index in [1.807, 2.05) is 0 Å². The summed E-state index contributed by atoms with van der Waals surface area (Å²) in [6.07, 6.45) is 0. The normalized spacial score (nSPS) is 11.1. The quantitative estimate of drug-likeness (QED) is 0.0289. The first kappa shape index (κ1) is 36.0. The number of carbonyl (C=O) groups is 5. The molecule has 8 N–H and O–H groups in total. The molecule has 0 aliphatic rings. The zero-order valence-corrected chi connectivity index (χ0v) is 21.5. The molecule has 0 fully saturated rings. The minimum absolute atomic E-state index is 0.0170. The zero-order valence-electron chi connectivity index (χ0n) is 21.5. The predicted molar refractivity (Wildman–Crippen MR) is 128 cm³/mol. The van der Waals surface area contributed by atoms with E-state index in [4.69, 9.17) is 20.2 Å². The van der Waals surface area contributed by atoms with Crippen LogP contribution in [-0.4, -0.2) is 168 Å². The second-order valence-corrected chi connectivity index (χ2v) is 7.76. The standard InChI is InChI=1S/C20H38N6O13/c27-8-1-21-37-18(34)13-24(4-6-25(11-16(30)31)14-19(35)38-22-2-9-28)5-7-26(12-17(32)33)15-20(36)39-23-3-10-29/h21-23,27-29H,1-15H2,(H,30,31)(H,32,33). The van der Waals surface area contributed by atoms with Crippen molar-refractivity contribution in [2.24, 2.45) is 0 Å². The summed E-state index contributed by atoms with van der Waals surface area (Å²) in [4.78, 5) is 76.7. The Hall–Kier alpha value is -3.01. The average Bonchev–Trinajstić information content (AvgIpc) is 2.85. The molecule has 0 aromatic rings. The lowest BCUT2D eigenvalue weighted by atomic mass is 10.3. The van der Waals surface area contributed by atoms with Gasteiger partial charge in [-0.2, -0.15) is 16.4 Å². The number of nitrogens with one attached hydrogen (secondary N) is 3. The lowest BCUT2D eigenvalue weighted by Gasteiger charge is -2.28. The van der Waals surface area contributed by atoms with E-state index in [-0.39, 0.29) is 72.2 Å². The first-order valence-electron chi connectivity index (χ1n) is 11.8. The zero-order chi connectivity index (χ0) is 29.5. The summed E-state index contributed by atoms with van der Waals surface area (Å²) < 4.78 is 0. The molecule has 0 rings (SSSR count). The van der Waals surface area contributed by atoms with Gasteiger partial charge in [0.15, 0.2) is 0 Å². The molecule has 0 saturated heterocycles. The van der Waals surface area contributed by atoms with Crippen LogP contribution in [0.25, 0.3) is 0 Å². The van der Waals surface area contributed by atoms with Crippen LogP contribution in [0.4, 0.5) is 0 Å². The van der Waals surface area contributed by atoms with Crippen LogP contribution in [0.15, 0.2) is 0 Å². The number of hydrogen-bond donors (Lipinski definition) is 8. The van der Waals surface area contributed by atoms with Crippen molar-refractivity contribution in [2.45, 2.75) is 0 Å². The Kier molecular flexibility index (Phi) is 21.2. The molecule has 19 heteroatoms. The lowest BCUT2D eigenvalue weighted by Crippen LogP contribution is -2.46. The van der Waals surface area contributed by atoms with Crippen molar-refractivity contribution in [1.29, 1.82) is 0 Å². The van der Waals surface area contributed by atoms with Gasteiger partial charge in [0.2, 0.25) is 0 Å². The maximum absolute atomic E-state index is 12.2. The molecule has 0 aromatic heterocycles. The summed E-state index contributed by atoms with van der Waals surface area (Å²) in [5, 5.41) is 44.6. The molecule has 226 valence electrons. The number of aliphatic hydroxyl groups excluding tert-OH is 3. The van der Waals surface area contributed by atoms with E-state index >= 15 is 0 Å². The fraction of sp³-hybridized carbons (Fsp3) is 0.750. The molecule has 0 aliphatic heterocycles. The van der Waals surface area contributed by atoms with Gasteiger partial charge in [0.05, 0.1) is 72.2 Å². The molecule has 0 atom stereocenters. The molecular weight excluding hydrogens is 532 g/mol. The van der Waals surface area contributed by atoms with Crippen LogP contribution in [0, 0.1) is 0 Å². The molecular formula is C20H38N6O13. The van der Waals surface area contributed by atoms with Gasteiger partial charge in [0, 0.05) is 26.2 Å². The summed E-state index contributed by atoms with van der Waals surface area (Å²) in [7, 11) is 0. The van der Waals surface area contributed by atoms with Crippen molar-refractivity contribution in [3.8, 4) is 0 Å². The average molecular weight is 571 g/mol. The summed E-state index contributed by atoms with van der Waals surface area (Å²) in [5.74, 6) is -4.86. The van der Waals surface area contributed by atoms with Crippen molar-refractivity contribution in [3.05, 3.63) is 0 Å². The highest BCUT2D eigenvalue weighted by molar-refractivity contribution is 5.74. The Labute approximate surface area is 224 Å². The second-order valence-electron chi connectivity index (χ2n) is 7.76. The van der Waals surface area contributed by atoms with Crippen LogP contribution in [-0.2, 0) is 38.5 Å². The number of carboxylic acid groups (broad SMARTS) is 2. The maximum atomic E-state index is 12.2. The Morgan fingerprint density at radius 3 is 1.05 bits per heavy atom. The van der Waals surface area contributed by atoms with Crippen molar-refractivity contribution in [3.63, 3.8) is 0 Å². The first-order valence-corrected chi connectivity index (χ1v) is 11.8. The van der Waals surface area contributed by atoms with E-state index in [0.29, 0.717) is 0 Å². The highest BCUT2D eigenvalue weighted by Gasteiger charge is 2.21. The van der Waals surface area contributed by atoms with Gasteiger partial charge in [0.1, 0.15) is 0 Å². The van der Waals surface area contributed by atoms with E-state index < -0.39 is 56.0 Å². The third-order valence-electron chi connectivity index (χ3n) is 4.44. The molecule has 39 heavy (non-hydrogen) atoms. The van der Waals surface area contributed by atoms with Gasteiger partial charge in [0.25, 0.3) is 0 Å². The smallest absolute Gasteiger partial charge is 0.338 e. The predicted octanol–water partition coefficient (Wildman–Crippen LogP) is -5.82. The Balaban J connectivity index is 5.29. The molecule has 19 nitrogen and oxygen atoms in total. The van der Waals surface area contributed by atoms with Gasteiger partial charge in [-0.25, -0.2) is 14.4 Å². The van der Waals surface area contributed by atoms with E-state index in [0.717, 1.165) is 0 Å². The number of rotatable bonds is 25. The summed E-state index contributed by atoms with van der Waals surface area (Å²) in [6.45, 7) is -3.27. The molecule has 0 spiro atoms. The highest BCUT2D eigenvalue weighted by atomic mass is 16.7. The lowest BCUT2D eigenvalue weighted by molar-refractivity contribution is -0.155. The fourth-order valence-corrected chi connectivity index (χ4v) is 2.82. The van der Waals surface area contributed by atoms with Gasteiger partial charge in [-0.15, -0.1) is 0 Å². The number of aliphatic hydroxyl groups is 3. The van der Waals surface area contributed by atoms with Crippen LogP contribution in [0.1, 0.15) is 0 Å². The number of hydrogen-bond acceptors (Lipinski definition) is 17. The monoisotopic (exact) mass is 570 g/mol. The summed E-state index contributed by atoms with van der Waals surface area (Å²) >= 11 is 0. The second kappa shape index (κ2) is 22.9. The van der Waals surface area contributed by atoms with E-state index in [1.165, 1.54) is 14.7 Å². The fourth-order valence-electron chi connectivity index (χ4n) is 2.82. The number of aliphatic carboxylic acids is 2.